The van der Waals surface area contributed by atoms with Gasteiger partial charge in [-0.25, -0.2) is 0 Å². The van der Waals surface area contributed by atoms with E-state index < -0.39 is 5.97 Å². The first-order valence-corrected chi connectivity index (χ1v) is 3.26. The first-order valence-electron chi connectivity index (χ1n) is 3.26. The smallest absolute Gasteiger partial charge is 0.317 e. The van der Waals surface area contributed by atoms with Gasteiger partial charge in [-0.05, 0) is 11.1 Å². The van der Waals surface area contributed by atoms with Crippen LogP contribution in [0.5, 0.6) is 0 Å². The Morgan fingerprint density at radius 2 is 1.55 bits per heavy atom. The molecule has 0 saturated heterocycles. The van der Waals surface area contributed by atoms with Gasteiger partial charge in [-0.2, -0.15) is 0 Å². The fourth-order valence-electron chi connectivity index (χ4n) is 0.663. The van der Waals surface area contributed by atoms with E-state index in [2.05, 4.69) is 30.0 Å². The van der Waals surface area contributed by atoms with Gasteiger partial charge in [0.05, 0.1) is 6.54 Å². The number of fused-ring (bicyclic) bond motifs is 1. The number of nitrogens with two attached hydrogens (primary N) is 1. The average molecular weight is 151 g/mol. The van der Waals surface area contributed by atoms with Crippen LogP contribution in [0.2, 0.25) is 0 Å². The molecule has 0 amide bonds. The lowest BCUT2D eigenvalue weighted by Gasteiger charge is -2.10. The molecule has 11 heavy (non-hydrogen) atoms. The highest BCUT2D eigenvalue weighted by atomic mass is 16.4. The van der Waals surface area contributed by atoms with Crippen LogP contribution in [0, 0.1) is 0 Å². The fourth-order valence-corrected chi connectivity index (χ4v) is 0.663. The summed E-state index contributed by atoms with van der Waals surface area (Å²) >= 11 is 0. The van der Waals surface area contributed by atoms with Crippen molar-refractivity contribution in [3.8, 4) is 11.1 Å². The SMILES string of the molecule is NCC(=O)O.c1cc2ccc1-2. The van der Waals surface area contributed by atoms with Gasteiger partial charge in [-0.3, -0.25) is 4.79 Å². The normalized spacial score (nSPS) is 9.55. The van der Waals surface area contributed by atoms with Crippen molar-refractivity contribution in [3.05, 3.63) is 24.3 Å². The Morgan fingerprint density at radius 3 is 1.55 bits per heavy atom. The molecule has 0 spiro atoms. The van der Waals surface area contributed by atoms with Crippen molar-refractivity contribution in [3.63, 3.8) is 0 Å². The van der Waals surface area contributed by atoms with Crippen LogP contribution in [-0.2, 0) is 4.79 Å². The molecule has 0 fully saturated rings. The van der Waals surface area contributed by atoms with Gasteiger partial charge in [-0.15, -0.1) is 0 Å². The second-order valence-electron chi connectivity index (χ2n) is 2.18. The minimum absolute atomic E-state index is 0.278. The van der Waals surface area contributed by atoms with Crippen LogP contribution >= 0.6 is 0 Å². The second-order valence-corrected chi connectivity index (χ2v) is 2.18. The summed E-state index contributed by atoms with van der Waals surface area (Å²) in [6.45, 7) is -0.278. The topological polar surface area (TPSA) is 63.3 Å². The van der Waals surface area contributed by atoms with E-state index in [0.717, 1.165) is 0 Å². The van der Waals surface area contributed by atoms with Crippen molar-refractivity contribution in [2.24, 2.45) is 5.73 Å². The fraction of sp³-hybridized carbons (Fsp3) is 0.125. The lowest BCUT2D eigenvalue weighted by atomic mass is 9.95. The first-order chi connectivity index (χ1) is 5.24. The molecule has 3 nitrogen and oxygen atoms in total. The molecule has 0 bridgehead atoms. The summed E-state index contributed by atoms with van der Waals surface area (Å²) < 4.78 is 0. The molecule has 2 aliphatic carbocycles. The third-order valence-corrected chi connectivity index (χ3v) is 1.39. The number of carboxylic acids is 1. The molecule has 3 N–H and O–H groups in total. The molecule has 0 aliphatic heterocycles. The first kappa shape index (κ1) is 7.75. The number of hydrogen-bond acceptors (Lipinski definition) is 2. The molecule has 0 saturated carbocycles. The molecular formula is C8H9NO2. The Kier molecular flexibility index (Phi) is 2.23. The van der Waals surface area contributed by atoms with E-state index in [4.69, 9.17) is 5.11 Å². The molecule has 0 heterocycles. The summed E-state index contributed by atoms with van der Waals surface area (Å²) in [5, 5.41) is 7.60. The maximum atomic E-state index is 9.24. The van der Waals surface area contributed by atoms with Crippen LogP contribution in [0.3, 0.4) is 0 Å². The van der Waals surface area contributed by atoms with E-state index in [1.54, 1.807) is 0 Å². The molecule has 0 aromatic rings. The highest BCUT2D eigenvalue weighted by molar-refractivity contribution is 5.75. The van der Waals surface area contributed by atoms with E-state index in [9.17, 15) is 4.79 Å². The van der Waals surface area contributed by atoms with Crippen molar-refractivity contribution < 1.29 is 9.90 Å². The Hall–Kier alpha value is -1.35. The van der Waals surface area contributed by atoms with Gasteiger partial charge >= 0.3 is 5.97 Å². The molecule has 3 heteroatoms. The van der Waals surface area contributed by atoms with Crippen molar-refractivity contribution in [2.75, 3.05) is 6.54 Å². The summed E-state index contributed by atoms with van der Waals surface area (Å²) in [6.07, 6.45) is 0. The summed E-state index contributed by atoms with van der Waals surface area (Å²) in [7, 11) is 0. The molecule has 2 rings (SSSR count). The largest absolute Gasteiger partial charge is 0.480 e. The van der Waals surface area contributed by atoms with Crippen molar-refractivity contribution in [2.45, 2.75) is 0 Å². The van der Waals surface area contributed by atoms with E-state index in [1.165, 1.54) is 11.1 Å². The highest BCUT2D eigenvalue weighted by Crippen LogP contribution is 2.29. The number of rotatable bonds is 1. The molecule has 0 unspecified atom stereocenters. The van der Waals surface area contributed by atoms with Gasteiger partial charge in [0, 0.05) is 0 Å². The monoisotopic (exact) mass is 151 g/mol. The predicted octanol–water partition coefficient (Wildman–Crippen LogP) is 0.697. The highest BCUT2D eigenvalue weighted by Gasteiger charge is 2.03. The second kappa shape index (κ2) is 3.16. The Morgan fingerprint density at radius 1 is 1.27 bits per heavy atom. The molecule has 0 atom stereocenters. The molecule has 0 radical (unpaired) electrons. The number of carboxylic acid groups (broad SMARTS) is 1. The Balaban J connectivity index is 0.000000114. The zero-order valence-corrected chi connectivity index (χ0v) is 5.95. The number of hydrogen-bond donors (Lipinski definition) is 2. The average Bonchev–Trinajstić information content (AvgIpc) is 1.98. The van der Waals surface area contributed by atoms with Gasteiger partial charge in [0.15, 0.2) is 0 Å². The predicted molar refractivity (Wildman–Crippen MR) is 42.1 cm³/mol. The lowest BCUT2D eigenvalue weighted by molar-refractivity contribution is -0.135. The maximum Gasteiger partial charge on any atom is 0.317 e. The quantitative estimate of drug-likeness (QED) is 0.630. The molecular weight excluding hydrogens is 142 g/mol. The summed E-state index contributed by atoms with van der Waals surface area (Å²) in [5.74, 6) is -0.968. The molecule has 0 aromatic heterocycles. The van der Waals surface area contributed by atoms with Crippen molar-refractivity contribution >= 4 is 5.97 Å². The maximum absolute atomic E-state index is 9.24. The lowest BCUT2D eigenvalue weighted by Crippen LogP contribution is -2.10. The van der Waals surface area contributed by atoms with Crippen LogP contribution in [0.25, 0.3) is 11.1 Å². The molecule has 58 valence electrons. The minimum Gasteiger partial charge on any atom is -0.480 e. The van der Waals surface area contributed by atoms with Crippen LogP contribution in [0.15, 0.2) is 24.3 Å². The summed E-state index contributed by atoms with van der Waals surface area (Å²) in [6, 6.07) is 8.48. The van der Waals surface area contributed by atoms with Crippen molar-refractivity contribution in [1.82, 2.24) is 0 Å². The van der Waals surface area contributed by atoms with Crippen LogP contribution in [0.4, 0.5) is 0 Å². The number of carbonyl (C=O) groups is 1. The van der Waals surface area contributed by atoms with E-state index in [1.807, 2.05) is 0 Å². The third kappa shape index (κ3) is 1.78. The Labute approximate surface area is 64.5 Å². The van der Waals surface area contributed by atoms with E-state index >= 15 is 0 Å². The van der Waals surface area contributed by atoms with Gasteiger partial charge in [0.25, 0.3) is 0 Å². The third-order valence-electron chi connectivity index (χ3n) is 1.39. The zero-order chi connectivity index (χ0) is 8.27. The standard InChI is InChI=1S/C6H4.C2H5NO2/c1-2-6-4-3-5(1)6;3-1-2(4)5/h1-4H;1,3H2,(H,4,5). The van der Waals surface area contributed by atoms with Gasteiger partial charge in [-0.1, -0.05) is 24.3 Å². The summed E-state index contributed by atoms with van der Waals surface area (Å²) in [5.41, 5.74) is 7.42. The van der Waals surface area contributed by atoms with E-state index in [-0.39, 0.29) is 6.54 Å². The van der Waals surface area contributed by atoms with Gasteiger partial charge in [0.1, 0.15) is 0 Å². The van der Waals surface area contributed by atoms with Crippen LogP contribution in [-0.4, -0.2) is 17.6 Å². The molecule has 0 aromatic carbocycles. The van der Waals surface area contributed by atoms with Gasteiger partial charge < -0.3 is 10.8 Å². The Bertz CT molecular complexity index is 232. The van der Waals surface area contributed by atoms with Gasteiger partial charge in [0.2, 0.25) is 0 Å². The number of aliphatic carboxylic acids is 1. The summed E-state index contributed by atoms with van der Waals surface area (Å²) in [4.78, 5) is 9.24. The minimum atomic E-state index is -0.968. The van der Waals surface area contributed by atoms with E-state index in [0.29, 0.717) is 0 Å². The number of benzene rings is 1. The zero-order valence-electron chi connectivity index (χ0n) is 5.95. The van der Waals surface area contributed by atoms with Crippen molar-refractivity contribution in [1.29, 1.82) is 0 Å². The van der Waals surface area contributed by atoms with Crippen LogP contribution in [0.1, 0.15) is 0 Å². The van der Waals surface area contributed by atoms with Crippen LogP contribution < -0.4 is 5.73 Å². The molecule has 2 aliphatic rings.